The van der Waals surface area contributed by atoms with Crippen LogP contribution in [-0.4, -0.2) is 23.8 Å². The second kappa shape index (κ2) is 7.29. The van der Waals surface area contributed by atoms with Crippen LogP contribution in [0, 0.1) is 0 Å². The molecule has 28 heavy (non-hydrogen) atoms. The molecule has 0 N–H and O–H groups in total. The summed E-state index contributed by atoms with van der Waals surface area (Å²) in [4.78, 5) is 29.2. The second-order valence-corrected chi connectivity index (χ2v) is 6.51. The Morgan fingerprint density at radius 1 is 0.964 bits per heavy atom. The van der Waals surface area contributed by atoms with Crippen molar-refractivity contribution in [1.82, 2.24) is 4.98 Å². The summed E-state index contributed by atoms with van der Waals surface area (Å²) in [5.41, 5.74) is 2.93. The van der Waals surface area contributed by atoms with E-state index in [1.54, 1.807) is 66.7 Å². The molecule has 4 rings (SSSR count). The normalized spacial score (nSPS) is 10.8. The first-order valence-corrected chi connectivity index (χ1v) is 8.83. The Labute approximate surface area is 165 Å². The molecule has 0 fully saturated rings. The molecule has 6 heteroatoms. The van der Waals surface area contributed by atoms with Gasteiger partial charge in [0.1, 0.15) is 5.52 Å². The summed E-state index contributed by atoms with van der Waals surface area (Å²) >= 11 is 5.88. The van der Waals surface area contributed by atoms with Gasteiger partial charge >= 0.3 is 5.97 Å². The summed E-state index contributed by atoms with van der Waals surface area (Å²) in [7, 11) is 1.32. The summed E-state index contributed by atoms with van der Waals surface area (Å²) in [5, 5.41) is 0.567. The molecule has 0 aliphatic carbocycles. The molecule has 5 nitrogen and oxygen atoms in total. The highest BCUT2D eigenvalue weighted by Crippen LogP contribution is 2.28. The van der Waals surface area contributed by atoms with Gasteiger partial charge in [-0.3, -0.25) is 4.79 Å². The SMILES string of the molecule is COC(=O)c1ccccc1-c1nc2cc(C(=O)c3ccc(Cl)cc3)ccc2o1. The van der Waals surface area contributed by atoms with E-state index in [2.05, 4.69) is 4.98 Å². The van der Waals surface area contributed by atoms with Crippen LogP contribution >= 0.6 is 11.6 Å². The van der Waals surface area contributed by atoms with E-state index in [1.165, 1.54) is 7.11 Å². The molecule has 0 saturated carbocycles. The molecular weight excluding hydrogens is 378 g/mol. The number of fused-ring (bicyclic) bond motifs is 1. The van der Waals surface area contributed by atoms with Crippen molar-refractivity contribution in [2.45, 2.75) is 0 Å². The van der Waals surface area contributed by atoms with E-state index in [-0.39, 0.29) is 11.7 Å². The van der Waals surface area contributed by atoms with Crippen LogP contribution in [0.1, 0.15) is 26.3 Å². The number of esters is 1. The van der Waals surface area contributed by atoms with Crippen LogP contribution in [0.25, 0.3) is 22.6 Å². The monoisotopic (exact) mass is 391 g/mol. The lowest BCUT2D eigenvalue weighted by Gasteiger charge is -2.03. The van der Waals surface area contributed by atoms with E-state index >= 15 is 0 Å². The number of halogens is 1. The van der Waals surface area contributed by atoms with Crippen LogP contribution in [0.2, 0.25) is 5.02 Å². The van der Waals surface area contributed by atoms with Crippen molar-refractivity contribution in [3.05, 3.63) is 88.4 Å². The molecule has 0 spiro atoms. The minimum atomic E-state index is -0.475. The first kappa shape index (κ1) is 17.9. The van der Waals surface area contributed by atoms with Crippen LogP contribution in [0.5, 0.6) is 0 Å². The summed E-state index contributed by atoms with van der Waals surface area (Å²) in [6, 6.07) is 18.6. The molecule has 0 radical (unpaired) electrons. The predicted octanol–water partition coefficient (Wildman–Crippen LogP) is 5.17. The number of carbonyl (C=O) groups excluding carboxylic acids is 2. The molecule has 1 heterocycles. The largest absolute Gasteiger partial charge is 0.465 e. The highest BCUT2D eigenvalue weighted by molar-refractivity contribution is 6.30. The minimum Gasteiger partial charge on any atom is -0.465 e. The first-order chi connectivity index (χ1) is 13.6. The summed E-state index contributed by atoms with van der Waals surface area (Å²) in [6.45, 7) is 0. The van der Waals surface area contributed by atoms with Crippen molar-refractivity contribution in [3.8, 4) is 11.5 Å². The molecular formula is C22H14ClNO4. The molecule has 3 aromatic carbocycles. The fraction of sp³-hybridized carbons (Fsp3) is 0.0455. The van der Waals surface area contributed by atoms with Gasteiger partial charge in [0.15, 0.2) is 11.4 Å². The Morgan fingerprint density at radius 2 is 1.68 bits per heavy atom. The first-order valence-electron chi connectivity index (χ1n) is 8.45. The number of nitrogens with zero attached hydrogens (tertiary/aromatic N) is 1. The lowest BCUT2D eigenvalue weighted by Crippen LogP contribution is -2.03. The third-order valence-corrected chi connectivity index (χ3v) is 4.57. The van der Waals surface area contributed by atoms with Crippen LogP contribution in [0.4, 0.5) is 0 Å². The van der Waals surface area contributed by atoms with E-state index in [0.29, 0.717) is 38.4 Å². The van der Waals surface area contributed by atoms with Crippen molar-refractivity contribution in [1.29, 1.82) is 0 Å². The third kappa shape index (κ3) is 3.28. The molecule has 0 atom stereocenters. The number of hydrogen-bond acceptors (Lipinski definition) is 5. The molecule has 0 aliphatic rings. The van der Waals surface area contributed by atoms with Crippen LogP contribution in [0.15, 0.2) is 71.1 Å². The van der Waals surface area contributed by atoms with Crippen LogP contribution < -0.4 is 0 Å². The van der Waals surface area contributed by atoms with E-state index in [4.69, 9.17) is 20.8 Å². The standard InChI is InChI=1S/C22H14ClNO4/c1-27-22(26)17-5-3-2-4-16(17)21-24-18-12-14(8-11-19(18)28-21)20(25)13-6-9-15(23)10-7-13/h2-12H,1H3. The van der Waals surface area contributed by atoms with Gasteiger partial charge < -0.3 is 9.15 Å². The smallest absolute Gasteiger partial charge is 0.338 e. The fourth-order valence-electron chi connectivity index (χ4n) is 2.91. The van der Waals surface area contributed by atoms with E-state index in [1.807, 2.05) is 0 Å². The van der Waals surface area contributed by atoms with Crippen molar-refractivity contribution in [3.63, 3.8) is 0 Å². The third-order valence-electron chi connectivity index (χ3n) is 4.32. The Morgan fingerprint density at radius 3 is 2.43 bits per heavy atom. The van der Waals surface area contributed by atoms with Gasteiger partial charge in [0.2, 0.25) is 5.89 Å². The van der Waals surface area contributed by atoms with E-state index < -0.39 is 5.97 Å². The molecule has 0 saturated heterocycles. The number of rotatable bonds is 4. The lowest BCUT2D eigenvalue weighted by atomic mass is 10.0. The quantitative estimate of drug-likeness (QED) is 0.354. The number of methoxy groups -OCH3 is 1. The molecule has 1 aromatic heterocycles. The Bertz CT molecular complexity index is 1190. The van der Waals surface area contributed by atoms with Gasteiger partial charge in [-0.15, -0.1) is 0 Å². The number of ketones is 1. The van der Waals surface area contributed by atoms with Crippen molar-refractivity contribution in [2.75, 3.05) is 7.11 Å². The van der Waals surface area contributed by atoms with E-state index in [0.717, 1.165) is 0 Å². The van der Waals surface area contributed by atoms with Gasteiger partial charge in [0, 0.05) is 16.1 Å². The zero-order chi connectivity index (χ0) is 19.7. The Balaban J connectivity index is 1.75. The number of aromatic nitrogens is 1. The average molecular weight is 392 g/mol. The summed E-state index contributed by atoms with van der Waals surface area (Å²) in [5.74, 6) is -0.332. The zero-order valence-corrected chi connectivity index (χ0v) is 15.6. The molecule has 4 aromatic rings. The molecule has 0 unspecified atom stereocenters. The number of carbonyl (C=O) groups is 2. The van der Waals surface area contributed by atoms with Gasteiger partial charge in [-0.2, -0.15) is 0 Å². The van der Waals surface area contributed by atoms with Gasteiger partial charge in [-0.1, -0.05) is 23.7 Å². The number of ether oxygens (including phenoxy) is 1. The maximum atomic E-state index is 12.7. The fourth-order valence-corrected chi connectivity index (χ4v) is 3.04. The van der Waals surface area contributed by atoms with Crippen molar-refractivity contribution >= 4 is 34.5 Å². The zero-order valence-electron chi connectivity index (χ0n) is 14.8. The Hall–Kier alpha value is -3.44. The average Bonchev–Trinajstić information content (AvgIpc) is 3.16. The van der Waals surface area contributed by atoms with Crippen LogP contribution in [-0.2, 0) is 4.74 Å². The number of benzene rings is 3. The molecule has 0 amide bonds. The van der Waals surface area contributed by atoms with E-state index in [9.17, 15) is 9.59 Å². The van der Waals surface area contributed by atoms with Gasteiger partial charge in [-0.05, 0) is 54.6 Å². The maximum absolute atomic E-state index is 12.7. The van der Waals surface area contributed by atoms with Crippen molar-refractivity contribution in [2.24, 2.45) is 0 Å². The minimum absolute atomic E-state index is 0.141. The number of hydrogen-bond donors (Lipinski definition) is 0. The van der Waals surface area contributed by atoms with Gasteiger partial charge in [0.25, 0.3) is 0 Å². The maximum Gasteiger partial charge on any atom is 0.338 e. The summed E-state index contributed by atoms with van der Waals surface area (Å²) in [6.07, 6.45) is 0. The van der Waals surface area contributed by atoms with Gasteiger partial charge in [-0.25, -0.2) is 9.78 Å². The van der Waals surface area contributed by atoms with Crippen LogP contribution in [0.3, 0.4) is 0 Å². The predicted molar refractivity (Wildman–Crippen MR) is 106 cm³/mol. The number of oxazole rings is 1. The molecule has 0 bridgehead atoms. The summed E-state index contributed by atoms with van der Waals surface area (Å²) < 4.78 is 10.6. The highest BCUT2D eigenvalue weighted by atomic mass is 35.5. The topological polar surface area (TPSA) is 69.4 Å². The second-order valence-electron chi connectivity index (χ2n) is 6.07. The highest BCUT2D eigenvalue weighted by Gasteiger charge is 2.18. The van der Waals surface area contributed by atoms with Crippen molar-refractivity contribution < 1.29 is 18.7 Å². The molecule has 0 aliphatic heterocycles. The van der Waals surface area contributed by atoms with Gasteiger partial charge in [0.05, 0.1) is 18.2 Å². The Kier molecular flexibility index (Phi) is 4.67. The molecule has 138 valence electrons. The lowest BCUT2D eigenvalue weighted by molar-refractivity contribution is 0.0601.